The maximum atomic E-state index is 2.30. The van der Waals surface area contributed by atoms with Crippen molar-refractivity contribution < 1.29 is 4.57 Å². The van der Waals surface area contributed by atoms with Crippen molar-refractivity contribution in [2.24, 2.45) is 0 Å². The van der Waals surface area contributed by atoms with Crippen LogP contribution in [0, 0.1) is 0 Å². The summed E-state index contributed by atoms with van der Waals surface area (Å²) in [6.07, 6.45) is 13.4. The van der Waals surface area contributed by atoms with Crippen LogP contribution in [0.15, 0.2) is 54.9 Å². The minimum Gasteiger partial charge on any atom is -0.205 e. The van der Waals surface area contributed by atoms with Gasteiger partial charge in [0.1, 0.15) is 6.54 Å². The van der Waals surface area contributed by atoms with Crippen LogP contribution in [-0.2, 0) is 19.4 Å². The summed E-state index contributed by atoms with van der Waals surface area (Å²) in [5.74, 6) is 0. The summed E-state index contributed by atoms with van der Waals surface area (Å²) in [7, 11) is 0. The second-order valence-corrected chi connectivity index (χ2v) is 5.84. The lowest BCUT2D eigenvalue weighted by atomic mass is 10.1. The summed E-state index contributed by atoms with van der Waals surface area (Å²) in [6, 6.07) is 15.3. The second-order valence-electron chi connectivity index (χ2n) is 5.84. The van der Waals surface area contributed by atoms with Crippen LogP contribution < -0.4 is 4.57 Å². The minimum atomic E-state index is 1.10. The number of rotatable bonds is 9. The Bertz CT molecular complexity index is 487. The summed E-state index contributed by atoms with van der Waals surface area (Å²) in [5.41, 5.74) is 2.91. The fourth-order valence-corrected chi connectivity index (χ4v) is 2.67. The molecule has 0 fully saturated rings. The smallest absolute Gasteiger partial charge is 0.169 e. The van der Waals surface area contributed by atoms with E-state index in [4.69, 9.17) is 0 Å². The number of hydrogen-bond donors (Lipinski definition) is 0. The topological polar surface area (TPSA) is 3.88 Å². The molecule has 2 rings (SSSR count). The van der Waals surface area contributed by atoms with Crippen molar-refractivity contribution in [3.05, 3.63) is 66.0 Å². The lowest BCUT2D eigenvalue weighted by Crippen LogP contribution is -2.32. The number of aromatic nitrogens is 1. The van der Waals surface area contributed by atoms with Crippen molar-refractivity contribution in [1.82, 2.24) is 0 Å². The van der Waals surface area contributed by atoms with Crippen LogP contribution in [0.25, 0.3) is 0 Å². The molecule has 0 spiro atoms. The van der Waals surface area contributed by atoms with Crippen LogP contribution >= 0.6 is 0 Å². The third kappa shape index (κ3) is 6.12. The second kappa shape index (κ2) is 9.33. The van der Waals surface area contributed by atoms with Crippen molar-refractivity contribution in [3.63, 3.8) is 0 Å². The number of pyridine rings is 1. The molecule has 0 atom stereocenters. The molecule has 112 valence electrons. The molecular formula is C20H28N+. The molecule has 0 saturated carbocycles. The van der Waals surface area contributed by atoms with Crippen LogP contribution in [0.2, 0.25) is 0 Å². The molecule has 1 aromatic heterocycles. The van der Waals surface area contributed by atoms with Crippen molar-refractivity contribution in [2.75, 3.05) is 0 Å². The average molecular weight is 282 g/mol. The van der Waals surface area contributed by atoms with Gasteiger partial charge in [0.2, 0.25) is 0 Å². The van der Waals surface area contributed by atoms with Crippen molar-refractivity contribution in [3.8, 4) is 0 Å². The molecule has 1 heterocycles. The van der Waals surface area contributed by atoms with Crippen LogP contribution in [-0.4, -0.2) is 0 Å². The van der Waals surface area contributed by atoms with Gasteiger partial charge in [0.25, 0.3) is 0 Å². The molecule has 0 saturated heterocycles. The molecule has 0 aliphatic heterocycles. The molecule has 1 heteroatoms. The SMILES string of the molecule is CCCCCCc1cc[n+](CCCc2ccccc2)cc1. The first-order valence-electron chi connectivity index (χ1n) is 8.40. The van der Waals surface area contributed by atoms with Crippen LogP contribution in [0.1, 0.15) is 50.2 Å². The minimum absolute atomic E-state index is 1.10. The summed E-state index contributed by atoms with van der Waals surface area (Å²) in [4.78, 5) is 0. The fraction of sp³-hybridized carbons (Fsp3) is 0.450. The molecule has 0 aliphatic carbocycles. The van der Waals surface area contributed by atoms with Gasteiger partial charge in [0.05, 0.1) is 0 Å². The van der Waals surface area contributed by atoms with Crippen molar-refractivity contribution in [1.29, 1.82) is 0 Å². The van der Waals surface area contributed by atoms with Gasteiger partial charge in [-0.2, -0.15) is 0 Å². The lowest BCUT2D eigenvalue weighted by molar-refractivity contribution is -0.697. The van der Waals surface area contributed by atoms with Gasteiger partial charge in [-0.3, -0.25) is 0 Å². The standard InChI is InChI=1S/C20H28N/c1-2-3-4-6-12-20-14-17-21(18-15-20)16-9-13-19-10-7-5-8-11-19/h5,7-8,10-11,14-15,17-18H,2-4,6,9,12-13,16H2,1H3/q+1. The highest BCUT2D eigenvalue weighted by molar-refractivity contribution is 5.14. The predicted octanol–water partition coefficient (Wildman–Crippen LogP) is 4.73. The number of benzene rings is 1. The monoisotopic (exact) mass is 282 g/mol. The first-order chi connectivity index (χ1) is 10.4. The molecule has 0 N–H and O–H groups in total. The Morgan fingerprint density at radius 2 is 1.38 bits per heavy atom. The van der Waals surface area contributed by atoms with E-state index in [2.05, 4.69) is 66.3 Å². The van der Waals surface area contributed by atoms with Gasteiger partial charge in [-0.05, 0) is 30.4 Å². The number of unbranched alkanes of at least 4 members (excludes halogenated alkanes) is 3. The first-order valence-corrected chi connectivity index (χ1v) is 8.40. The van der Waals surface area contributed by atoms with Crippen molar-refractivity contribution >= 4 is 0 Å². The predicted molar refractivity (Wildman–Crippen MR) is 89.2 cm³/mol. The zero-order valence-corrected chi connectivity index (χ0v) is 13.3. The molecule has 21 heavy (non-hydrogen) atoms. The summed E-state index contributed by atoms with van der Waals surface area (Å²) in [5, 5.41) is 0. The van der Waals surface area contributed by atoms with Gasteiger partial charge in [0, 0.05) is 18.6 Å². The van der Waals surface area contributed by atoms with Gasteiger partial charge >= 0.3 is 0 Å². The van der Waals surface area contributed by atoms with E-state index in [1.165, 1.54) is 49.7 Å². The molecule has 0 aliphatic rings. The number of hydrogen-bond acceptors (Lipinski definition) is 0. The lowest BCUT2D eigenvalue weighted by Gasteiger charge is -2.02. The molecule has 0 unspecified atom stereocenters. The normalized spacial score (nSPS) is 10.7. The Kier molecular flexibility index (Phi) is 7.00. The Morgan fingerprint density at radius 1 is 0.714 bits per heavy atom. The zero-order chi connectivity index (χ0) is 14.8. The van der Waals surface area contributed by atoms with E-state index in [1.807, 2.05) is 0 Å². The molecular weight excluding hydrogens is 254 g/mol. The maximum Gasteiger partial charge on any atom is 0.169 e. The average Bonchev–Trinajstić information content (AvgIpc) is 2.54. The summed E-state index contributed by atoms with van der Waals surface area (Å²) >= 11 is 0. The Hall–Kier alpha value is -1.63. The van der Waals surface area contributed by atoms with Crippen LogP contribution in [0.5, 0.6) is 0 Å². The van der Waals surface area contributed by atoms with Gasteiger partial charge in [0.15, 0.2) is 12.4 Å². The van der Waals surface area contributed by atoms with E-state index < -0.39 is 0 Å². The van der Waals surface area contributed by atoms with E-state index in [-0.39, 0.29) is 0 Å². The molecule has 0 radical (unpaired) electrons. The van der Waals surface area contributed by atoms with Crippen LogP contribution in [0.4, 0.5) is 0 Å². The van der Waals surface area contributed by atoms with Crippen molar-refractivity contribution in [2.45, 2.75) is 58.4 Å². The summed E-state index contributed by atoms with van der Waals surface area (Å²) in [6.45, 7) is 3.37. The quantitative estimate of drug-likeness (QED) is 0.462. The van der Waals surface area contributed by atoms with E-state index >= 15 is 0 Å². The molecule has 1 nitrogen and oxygen atoms in total. The highest BCUT2D eigenvalue weighted by atomic mass is 14.9. The highest BCUT2D eigenvalue weighted by Crippen LogP contribution is 2.06. The van der Waals surface area contributed by atoms with Gasteiger partial charge in [-0.1, -0.05) is 56.5 Å². The number of aryl methyl sites for hydroxylation is 3. The van der Waals surface area contributed by atoms with Gasteiger partial charge in [-0.25, -0.2) is 4.57 Å². The Morgan fingerprint density at radius 3 is 2.10 bits per heavy atom. The molecule has 1 aromatic carbocycles. The van der Waals surface area contributed by atoms with Gasteiger partial charge < -0.3 is 0 Å². The number of nitrogens with zero attached hydrogens (tertiary/aromatic N) is 1. The van der Waals surface area contributed by atoms with E-state index in [9.17, 15) is 0 Å². The molecule has 0 bridgehead atoms. The maximum absolute atomic E-state index is 2.30. The largest absolute Gasteiger partial charge is 0.205 e. The fourth-order valence-electron chi connectivity index (χ4n) is 2.67. The first kappa shape index (κ1) is 15.8. The third-order valence-corrected chi connectivity index (χ3v) is 4.00. The van der Waals surface area contributed by atoms with Crippen LogP contribution in [0.3, 0.4) is 0 Å². The highest BCUT2D eigenvalue weighted by Gasteiger charge is 2.01. The molecule has 2 aromatic rings. The van der Waals surface area contributed by atoms with Gasteiger partial charge in [-0.15, -0.1) is 0 Å². The van der Waals surface area contributed by atoms with E-state index in [0.717, 1.165) is 13.0 Å². The Labute approximate surface area is 129 Å². The van der Waals surface area contributed by atoms with E-state index in [1.54, 1.807) is 0 Å². The Balaban J connectivity index is 1.69. The third-order valence-electron chi connectivity index (χ3n) is 4.00. The zero-order valence-electron chi connectivity index (χ0n) is 13.3. The summed E-state index contributed by atoms with van der Waals surface area (Å²) < 4.78 is 2.30. The molecule has 0 amide bonds. The van der Waals surface area contributed by atoms with E-state index in [0.29, 0.717) is 0 Å².